The highest BCUT2D eigenvalue weighted by Gasteiger charge is 2.23. The molecular formula is C38H20N4O. The molecule has 5 heteroatoms. The van der Waals surface area contributed by atoms with E-state index in [9.17, 15) is 5.26 Å². The molecule has 3 aromatic heterocycles. The van der Waals surface area contributed by atoms with Gasteiger partial charge in [-0.2, -0.15) is 5.26 Å². The molecule has 0 saturated heterocycles. The van der Waals surface area contributed by atoms with E-state index in [1.54, 1.807) is 6.07 Å². The number of fused-ring (bicyclic) bond motifs is 10. The molecule has 9 aromatic rings. The molecule has 6 aromatic carbocycles. The Hall–Kier alpha value is -6.30. The van der Waals surface area contributed by atoms with Gasteiger partial charge in [-0.1, -0.05) is 78.9 Å². The average Bonchev–Trinajstić information content (AvgIpc) is 3.72. The minimum absolute atomic E-state index is 0.418. The van der Waals surface area contributed by atoms with Crippen LogP contribution in [0.4, 0.5) is 5.69 Å². The predicted octanol–water partition coefficient (Wildman–Crippen LogP) is 10.2. The first-order chi connectivity index (χ1) is 21.3. The van der Waals surface area contributed by atoms with Gasteiger partial charge in [-0.25, -0.2) is 4.85 Å². The van der Waals surface area contributed by atoms with Gasteiger partial charge in [0.15, 0.2) is 5.58 Å². The lowest BCUT2D eigenvalue weighted by atomic mass is 10.1. The molecule has 0 atom stereocenters. The van der Waals surface area contributed by atoms with Crippen LogP contribution in [0.1, 0.15) is 5.56 Å². The van der Waals surface area contributed by atoms with Crippen molar-refractivity contribution >= 4 is 71.2 Å². The third-order valence-electron chi connectivity index (χ3n) is 8.58. The first kappa shape index (κ1) is 23.4. The summed E-state index contributed by atoms with van der Waals surface area (Å²) in [4.78, 5) is 3.92. The summed E-state index contributed by atoms with van der Waals surface area (Å²) in [6.07, 6.45) is 0. The molecule has 0 bridgehead atoms. The summed E-state index contributed by atoms with van der Waals surface area (Å²) < 4.78 is 10.8. The van der Waals surface area contributed by atoms with Gasteiger partial charge in [-0.05, 0) is 42.5 Å². The first-order valence-corrected chi connectivity index (χ1v) is 14.0. The Kier molecular flexibility index (Phi) is 4.68. The number of hydrogen-bond acceptors (Lipinski definition) is 2. The zero-order valence-electron chi connectivity index (χ0n) is 22.7. The maximum absolute atomic E-state index is 10.5. The quantitative estimate of drug-likeness (QED) is 0.202. The lowest BCUT2D eigenvalue weighted by Crippen LogP contribution is -2.02. The summed E-state index contributed by atoms with van der Waals surface area (Å²) in [5.74, 6) is 0. The largest absolute Gasteiger partial charge is 0.454 e. The van der Waals surface area contributed by atoms with Gasteiger partial charge in [0.25, 0.3) is 0 Å². The molecule has 0 aliphatic carbocycles. The van der Waals surface area contributed by atoms with Crippen molar-refractivity contribution in [3.63, 3.8) is 0 Å². The third-order valence-corrected chi connectivity index (χ3v) is 8.58. The number of nitriles is 1. The van der Waals surface area contributed by atoms with Crippen LogP contribution in [0.2, 0.25) is 0 Å². The van der Waals surface area contributed by atoms with E-state index in [-0.39, 0.29) is 0 Å². The molecule has 0 fully saturated rings. The van der Waals surface area contributed by atoms with Gasteiger partial charge in [-0.15, -0.1) is 0 Å². The van der Waals surface area contributed by atoms with Crippen LogP contribution < -0.4 is 0 Å². The fourth-order valence-electron chi connectivity index (χ4n) is 6.77. The second kappa shape index (κ2) is 8.60. The molecule has 3 heterocycles. The van der Waals surface area contributed by atoms with Gasteiger partial charge in [0.2, 0.25) is 5.69 Å². The highest BCUT2D eigenvalue weighted by atomic mass is 16.3. The van der Waals surface area contributed by atoms with Gasteiger partial charge < -0.3 is 13.6 Å². The summed E-state index contributed by atoms with van der Waals surface area (Å²) >= 11 is 0. The van der Waals surface area contributed by atoms with Crippen molar-refractivity contribution in [3.8, 4) is 17.4 Å². The Morgan fingerprint density at radius 3 is 1.79 bits per heavy atom. The van der Waals surface area contributed by atoms with Crippen molar-refractivity contribution in [3.05, 3.63) is 138 Å². The number of hydrogen-bond donors (Lipinski definition) is 0. The molecule has 0 saturated carbocycles. The summed E-state index contributed by atoms with van der Waals surface area (Å²) in [6.45, 7) is 8.13. The second-order valence-electron chi connectivity index (χ2n) is 10.7. The maximum atomic E-state index is 10.5. The molecule has 0 unspecified atom stereocenters. The second-order valence-corrected chi connectivity index (χ2v) is 10.7. The number of para-hydroxylation sites is 4. The number of aromatic nitrogens is 2. The van der Waals surface area contributed by atoms with Crippen molar-refractivity contribution in [1.29, 1.82) is 5.26 Å². The summed E-state index contributed by atoms with van der Waals surface area (Å²) in [6, 6.07) is 43.2. The SMILES string of the molecule is [C-]#[N+]c1cc(C#N)c(-n2c3ccccc3c3ccc4c5ccccc5oc4c32)cc1-n1c2ccccc2c2ccccc21. The molecule has 0 spiro atoms. The van der Waals surface area contributed by atoms with E-state index < -0.39 is 0 Å². The van der Waals surface area contributed by atoms with Crippen LogP contribution in [0.5, 0.6) is 0 Å². The Morgan fingerprint density at radius 1 is 0.581 bits per heavy atom. The number of benzene rings is 6. The van der Waals surface area contributed by atoms with Crippen LogP contribution in [0.25, 0.3) is 81.8 Å². The van der Waals surface area contributed by atoms with Gasteiger partial charge in [0.1, 0.15) is 5.58 Å². The summed E-state index contributed by atoms with van der Waals surface area (Å²) in [5.41, 5.74) is 7.73. The van der Waals surface area contributed by atoms with Gasteiger partial charge >= 0.3 is 0 Å². The topological polar surface area (TPSA) is 51.1 Å². The minimum atomic E-state index is 0.418. The van der Waals surface area contributed by atoms with E-state index in [1.165, 1.54) is 0 Å². The van der Waals surface area contributed by atoms with Crippen LogP contribution in [-0.2, 0) is 0 Å². The predicted molar refractivity (Wildman–Crippen MR) is 173 cm³/mol. The first-order valence-electron chi connectivity index (χ1n) is 14.0. The fraction of sp³-hybridized carbons (Fsp3) is 0. The lowest BCUT2D eigenvalue weighted by Gasteiger charge is -2.16. The van der Waals surface area contributed by atoms with E-state index in [0.29, 0.717) is 16.9 Å². The van der Waals surface area contributed by atoms with Crippen LogP contribution >= 0.6 is 0 Å². The number of rotatable bonds is 2. The van der Waals surface area contributed by atoms with E-state index in [2.05, 4.69) is 74.6 Å². The molecule has 43 heavy (non-hydrogen) atoms. The van der Waals surface area contributed by atoms with E-state index >= 15 is 0 Å². The van der Waals surface area contributed by atoms with Crippen molar-refractivity contribution in [2.75, 3.05) is 0 Å². The average molecular weight is 549 g/mol. The van der Waals surface area contributed by atoms with Crippen LogP contribution in [0.3, 0.4) is 0 Å². The maximum Gasteiger partial charge on any atom is 0.212 e. The zero-order chi connectivity index (χ0) is 28.7. The molecule has 0 amide bonds. The highest BCUT2D eigenvalue weighted by molar-refractivity contribution is 6.21. The molecule has 0 radical (unpaired) electrons. The van der Waals surface area contributed by atoms with Crippen molar-refractivity contribution < 1.29 is 4.42 Å². The Morgan fingerprint density at radius 2 is 1.14 bits per heavy atom. The van der Waals surface area contributed by atoms with E-state index in [1.807, 2.05) is 60.7 Å². The number of nitrogens with zero attached hydrogens (tertiary/aromatic N) is 4. The Bertz CT molecular complexity index is 2650. The van der Waals surface area contributed by atoms with Gasteiger partial charge in [0, 0.05) is 32.3 Å². The van der Waals surface area contributed by atoms with Crippen LogP contribution in [0.15, 0.2) is 126 Å². The smallest absolute Gasteiger partial charge is 0.212 e. The number of furan rings is 1. The monoisotopic (exact) mass is 548 g/mol. The standard InChI is InChI=1S/C38H20N4O/c1-40-30-20-23(22-39)34(21-35(30)41-31-14-6-2-10-24(31)25-11-3-7-15-32(25)41)42-33-16-8-4-12-26(33)28-18-19-29-27-13-5-9-17-36(27)43-38(29)37(28)42/h2-21H. The van der Waals surface area contributed by atoms with Gasteiger partial charge in [0.05, 0.1) is 51.6 Å². The van der Waals surface area contributed by atoms with Crippen molar-refractivity contribution in [2.24, 2.45) is 0 Å². The molecule has 0 N–H and O–H groups in total. The zero-order valence-corrected chi connectivity index (χ0v) is 22.7. The minimum Gasteiger partial charge on any atom is -0.454 e. The third kappa shape index (κ3) is 3.08. The van der Waals surface area contributed by atoms with Crippen LogP contribution in [0, 0.1) is 17.9 Å². The summed E-state index contributed by atoms with van der Waals surface area (Å²) in [5, 5.41) is 16.9. The van der Waals surface area contributed by atoms with Crippen molar-refractivity contribution in [2.45, 2.75) is 0 Å². The van der Waals surface area contributed by atoms with E-state index in [0.717, 1.165) is 71.2 Å². The van der Waals surface area contributed by atoms with Gasteiger partial charge in [-0.3, -0.25) is 0 Å². The fourth-order valence-corrected chi connectivity index (χ4v) is 6.77. The van der Waals surface area contributed by atoms with Crippen LogP contribution in [-0.4, -0.2) is 9.13 Å². The molecular weight excluding hydrogens is 528 g/mol. The molecule has 0 aliphatic heterocycles. The Labute approximate surface area is 245 Å². The highest BCUT2D eigenvalue weighted by Crippen LogP contribution is 2.43. The molecule has 9 rings (SSSR count). The lowest BCUT2D eigenvalue weighted by molar-refractivity contribution is 0.671. The van der Waals surface area contributed by atoms with E-state index in [4.69, 9.17) is 11.0 Å². The Balaban J connectivity index is 1.47. The summed E-state index contributed by atoms with van der Waals surface area (Å²) in [7, 11) is 0. The normalized spacial score (nSPS) is 11.7. The molecule has 5 nitrogen and oxygen atoms in total. The molecule has 198 valence electrons. The molecule has 0 aliphatic rings. The van der Waals surface area contributed by atoms with Crippen molar-refractivity contribution in [1.82, 2.24) is 9.13 Å².